The summed E-state index contributed by atoms with van der Waals surface area (Å²) in [6.07, 6.45) is 1.38. The van der Waals surface area contributed by atoms with Gasteiger partial charge in [-0.1, -0.05) is 83.3 Å². The highest BCUT2D eigenvalue weighted by atomic mass is 35.5. The lowest BCUT2D eigenvalue weighted by molar-refractivity contribution is -0.112. The van der Waals surface area contributed by atoms with E-state index in [0.717, 1.165) is 11.1 Å². The van der Waals surface area contributed by atoms with Crippen LogP contribution in [0.3, 0.4) is 0 Å². The van der Waals surface area contributed by atoms with E-state index < -0.39 is 5.91 Å². The average molecular weight is 594 g/mol. The molecule has 0 aromatic heterocycles. The van der Waals surface area contributed by atoms with Crippen LogP contribution in [0.1, 0.15) is 16.7 Å². The molecule has 6 nitrogen and oxygen atoms in total. The van der Waals surface area contributed by atoms with Gasteiger partial charge in [-0.05, 0) is 59.2 Å². The van der Waals surface area contributed by atoms with Gasteiger partial charge in [0.2, 0.25) is 0 Å². The van der Waals surface area contributed by atoms with Crippen molar-refractivity contribution in [3.63, 3.8) is 0 Å². The van der Waals surface area contributed by atoms with Crippen LogP contribution in [0.5, 0.6) is 17.2 Å². The van der Waals surface area contributed by atoms with E-state index in [9.17, 15) is 10.1 Å². The predicted octanol–water partition coefficient (Wildman–Crippen LogP) is 8.36. The monoisotopic (exact) mass is 592 g/mol. The summed E-state index contributed by atoms with van der Waals surface area (Å²) in [4.78, 5) is 12.6. The van der Waals surface area contributed by atoms with Crippen molar-refractivity contribution in [1.82, 2.24) is 0 Å². The second kappa shape index (κ2) is 13.8. The van der Waals surface area contributed by atoms with Crippen molar-refractivity contribution >= 4 is 52.5 Å². The highest BCUT2D eigenvalue weighted by molar-refractivity contribution is 6.37. The molecule has 0 fully saturated rings. The van der Waals surface area contributed by atoms with Gasteiger partial charge in [-0.2, -0.15) is 5.26 Å². The smallest absolute Gasteiger partial charge is 0.266 e. The third-order valence-corrected chi connectivity index (χ3v) is 6.56. The predicted molar refractivity (Wildman–Crippen MR) is 158 cm³/mol. The molecular weight excluding hydrogens is 571 g/mol. The second-order valence-corrected chi connectivity index (χ2v) is 9.69. The first-order chi connectivity index (χ1) is 19.4. The van der Waals surface area contributed by atoms with Gasteiger partial charge < -0.3 is 19.5 Å². The Hall–Kier alpha value is -4.15. The van der Waals surface area contributed by atoms with Crippen LogP contribution in [0.15, 0.2) is 90.5 Å². The van der Waals surface area contributed by atoms with Crippen molar-refractivity contribution in [2.45, 2.75) is 13.2 Å². The van der Waals surface area contributed by atoms with E-state index >= 15 is 0 Å². The fourth-order valence-corrected chi connectivity index (χ4v) is 4.48. The fourth-order valence-electron chi connectivity index (χ4n) is 3.68. The molecular formula is C31H23Cl3N2O4. The third-order valence-electron chi connectivity index (χ3n) is 5.67. The van der Waals surface area contributed by atoms with Gasteiger partial charge in [0, 0.05) is 0 Å². The Kier molecular flexibility index (Phi) is 9.93. The van der Waals surface area contributed by atoms with E-state index in [0.29, 0.717) is 34.4 Å². The van der Waals surface area contributed by atoms with Crippen molar-refractivity contribution in [2.75, 3.05) is 12.4 Å². The van der Waals surface area contributed by atoms with Crippen LogP contribution in [0, 0.1) is 11.3 Å². The largest absolute Gasteiger partial charge is 0.493 e. The molecule has 4 rings (SSSR count). The molecule has 4 aromatic carbocycles. The van der Waals surface area contributed by atoms with Crippen LogP contribution in [-0.4, -0.2) is 13.0 Å². The van der Waals surface area contributed by atoms with Gasteiger partial charge in [0.25, 0.3) is 5.91 Å². The molecule has 0 saturated heterocycles. The molecule has 0 atom stereocenters. The lowest BCUT2D eigenvalue weighted by atomic mass is 10.1. The SMILES string of the molecule is COc1cc(COc2c(Cl)cc(/C=C(\C#N)C(=O)Nc3ccccc3Cl)cc2Cl)ccc1OCc1ccccc1. The highest BCUT2D eigenvalue weighted by Gasteiger charge is 2.15. The van der Waals surface area contributed by atoms with Gasteiger partial charge in [-0.15, -0.1) is 0 Å². The van der Waals surface area contributed by atoms with Crippen molar-refractivity contribution in [3.05, 3.63) is 122 Å². The molecule has 0 unspecified atom stereocenters. The Balaban J connectivity index is 1.44. The van der Waals surface area contributed by atoms with Crippen molar-refractivity contribution in [2.24, 2.45) is 0 Å². The molecule has 1 amide bonds. The minimum absolute atomic E-state index is 0.151. The summed E-state index contributed by atoms with van der Waals surface area (Å²) in [5.74, 6) is 0.819. The number of ether oxygens (including phenoxy) is 3. The topological polar surface area (TPSA) is 80.6 Å². The Morgan fingerprint density at radius 2 is 1.50 bits per heavy atom. The quantitative estimate of drug-likeness (QED) is 0.148. The molecule has 0 aliphatic heterocycles. The number of hydrogen-bond donors (Lipinski definition) is 1. The second-order valence-electron chi connectivity index (χ2n) is 8.47. The van der Waals surface area contributed by atoms with Crippen LogP contribution in [-0.2, 0) is 18.0 Å². The first-order valence-electron chi connectivity index (χ1n) is 12.0. The normalized spacial score (nSPS) is 10.9. The minimum Gasteiger partial charge on any atom is -0.493 e. The standard InChI is InChI=1S/C31H23Cl3N2O4/c1-38-29-16-21(11-12-28(29)39-18-20-7-3-2-4-8-20)19-40-30-25(33)14-22(15-26(30)34)13-23(17-35)31(37)36-27-10-6-5-9-24(27)32/h2-16H,18-19H2,1H3,(H,36,37)/b23-13+. The minimum atomic E-state index is -0.617. The first-order valence-corrected chi connectivity index (χ1v) is 13.1. The Labute approximate surface area is 247 Å². The van der Waals surface area contributed by atoms with E-state index in [1.807, 2.05) is 54.6 Å². The number of carbonyl (C=O) groups is 1. The fraction of sp³-hybridized carbons (Fsp3) is 0.0968. The zero-order valence-corrected chi connectivity index (χ0v) is 23.6. The lowest BCUT2D eigenvalue weighted by Gasteiger charge is -2.14. The maximum Gasteiger partial charge on any atom is 0.266 e. The van der Waals surface area contributed by atoms with Crippen LogP contribution in [0.25, 0.3) is 6.08 Å². The molecule has 0 heterocycles. The third kappa shape index (κ3) is 7.49. The summed E-state index contributed by atoms with van der Waals surface area (Å²) in [6, 6.07) is 27.1. The van der Waals surface area contributed by atoms with E-state index in [-0.39, 0.29) is 28.0 Å². The molecule has 4 aromatic rings. The van der Waals surface area contributed by atoms with Gasteiger partial charge in [-0.25, -0.2) is 0 Å². The number of para-hydroxylation sites is 1. The summed E-state index contributed by atoms with van der Waals surface area (Å²) in [5, 5.41) is 13.0. The zero-order chi connectivity index (χ0) is 28.5. The summed E-state index contributed by atoms with van der Waals surface area (Å²) < 4.78 is 17.3. The number of nitrogens with one attached hydrogen (secondary N) is 1. The Bertz CT molecular complexity index is 1560. The number of halogens is 3. The van der Waals surface area contributed by atoms with Gasteiger partial charge in [-0.3, -0.25) is 4.79 Å². The number of benzene rings is 4. The highest BCUT2D eigenvalue weighted by Crippen LogP contribution is 2.36. The van der Waals surface area contributed by atoms with E-state index in [2.05, 4.69) is 5.32 Å². The molecule has 0 radical (unpaired) electrons. The number of amides is 1. The van der Waals surface area contributed by atoms with Crippen LogP contribution in [0.2, 0.25) is 15.1 Å². The average Bonchev–Trinajstić information content (AvgIpc) is 2.96. The molecule has 0 spiro atoms. The lowest BCUT2D eigenvalue weighted by Crippen LogP contribution is -2.13. The van der Waals surface area contributed by atoms with Gasteiger partial charge in [0.15, 0.2) is 17.2 Å². The number of hydrogen-bond acceptors (Lipinski definition) is 5. The number of rotatable bonds is 10. The van der Waals surface area contributed by atoms with E-state index in [1.165, 1.54) is 6.08 Å². The molecule has 0 aliphatic carbocycles. The van der Waals surface area contributed by atoms with Crippen LogP contribution < -0.4 is 19.5 Å². The Morgan fingerprint density at radius 3 is 2.17 bits per heavy atom. The molecule has 0 saturated carbocycles. The van der Waals surface area contributed by atoms with E-state index in [4.69, 9.17) is 49.0 Å². The molecule has 9 heteroatoms. The Morgan fingerprint density at radius 1 is 0.825 bits per heavy atom. The first kappa shape index (κ1) is 28.8. The summed E-state index contributed by atoms with van der Waals surface area (Å²) in [5.41, 5.74) is 2.55. The zero-order valence-electron chi connectivity index (χ0n) is 21.3. The summed E-state index contributed by atoms with van der Waals surface area (Å²) in [7, 11) is 1.57. The van der Waals surface area contributed by atoms with Gasteiger partial charge >= 0.3 is 0 Å². The number of nitriles is 1. The van der Waals surface area contributed by atoms with Crippen LogP contribution in [0.4, 0.5) is 5.69 Å². The summed E-state index contributed by atoms with van der Waals surface area (Å²) in [6.45, 7) is 0.571. The molecule has 1 N–H and O–H groups in total. The number of carbonyl (C=O) groups excluding carboxylic acids is 1. The van der Waals surface area contributed by atoms with Crippen molar-refractivity contribution < 1.29 is 19.0 Å². The van der Waals surface area contributed by atoms with Gasteiger partial charge in [0.05, 0.1) is 27.9 Å². The van der Waals surface area contributed by atoms with Crippen LogP contribution >= 0.6 is 34.8 Å². The number of anilines is 1. The van der Waals surface area contributed by atoms with Crippen molar-refractivity contribution in [3.8, 4) is 23.3 Å². The van der Waals surface area contributed by atoms with Gasteiger partial charge in [0.1, 0.15) is 24.9 Å². The maximum absolute atomic E-state index is 12.6. The molecule has 202 valence electrons. The number of nitrogens with zero attached hydrogens (tertiary/aromatic N) is 1. The molecule has 40 heavy (non-hydrogen) atoms. The molecule has 0 aliphatic rings. The van der Waals surface area contributed by atoms with Crippen molar-refractivity contribution in [1.29, 1.82) is 5.26 Å². The van der Waals surface area contributed by atoms with E-state index in [1.54, 1.807) is 43.5 Å². The molecule has 0 bridgehead atoms. The number of methoxy groups -OCH3 is 1. The maximum atomic E-state index is 12.6. The summed E-state index contributed by atoms with van der Waals surface area (Å²) >= 11 is 19.0.